The molecule has 0 N–H and O–H groups in total. The summed E-state index contributed by atoms with van der Waals surface area (Å²) >= 11 is 0. The van der Waals surface area contributed by atoms with Gasteiger partial charge in [-0.1, -0.05) is 12.1 Å². The molecule has 13 heteroatoms. The van der Waals surface area contributed by atoms with Crippen molar-refractivity contribution in [3.8, 4) is 5.75 Å². The molecule has 33 heavy (non-hydrogen) atoms. The zero-order valence-corrected chi connectivity index (χ0v) is 18.2. The predicted molar refractivity (Wildman–Crippen MR) is 106 cm³/mol. The summed E-state index contributed by atoms with van der Waals surface area (Å²) in [7, 11) is 0. The normalized spacial score (nSPS) is 24.2. The first-order valence-corrected chi connectivity index (χ1v) is 9.70. The highest BCUT2D eigenvalue weighted by Crippen LogP contribution is 2.34. The first-order chi connectivity index (χ1) is 15.5. The number of nitro groups is 1. The van der Waals surface area contributed by atoms with Crippen LogP contribution in [0, 0.1) is 10.1 Å². The van der Waals surface area contributed by atoms with Crippen molar-refractivity contribution in [2.24, 2.45) is 0 Å². The van der Waals surface area contributed by atoms with Gasteiger partial charge in [0.05, 0.1) is 4.92 Å². The van der Waals surface area contributed by atoms with Crippen molar-refractivity contribution in [3.05, 3.63) is 34.4 Å². The Morgan fingerprint density at radius 2 is 1.42 bits per heavy atom. The van der Waals surface area contributed by atoms with Gasteiger partial charge >= 0.3 is 29.6 Å². The van der Waals surface area contributed by atoms with Gasteiger partial charge in [0.1, 0.15) is 12.7 Å². The van der Waals surface area contributed by atoms with E-state index >= 15 is 0 Å². The van der Waals surface area contributed by atoms with E-state index < -0.39 is 71.8 Å². The van der Waals surface area contributed by atoms with Crippen molar-refractivity contribution >= 4 is 29.6 Å². The highest BCUT2D eigenvalue weighted by molar-refractivity contribution is 5.68. The number of benzene rings is 1. The molecule has 0 radical (unpaired) electrons. The molecule has 1 aromatic carbocycles. The van der Waals surface area contributed by atoms with Crippen molar-refractivity contribution in [2.45, 2.75) is 58.4 Å². The molecule has 2 rings (SSSR count). The Hall–Kier alpha value is -3.74. The molecule has 1 heterocycles. The number of rotatable bonds is 8. The van der Waals surface area contributed by atoms with Gasteiger partial charge in [0.2, 0.25) is 12.4 Å². The van der Waals surface area contributed by atoms with Crippen LogP contribution in [0.1, 0.15) is 27.7 Å². The van der Waals surface area contributed by atoms with Gasteiger partial charge in [-0.05, 0) is 6.07 Å². The zero-order chi connectivity index (χ0) is 24.7. The van der Waals surface area contributed by atoms with Gasteiger partial charge in [0.25, 0.3) is 0 Å². The molecule has 0 amide bonds. The number of carbonyl (C=O) groups is 4. The van der Waals surface area contributed by atoms with E-state index in [1.807, 2.05) is 0 Å². The maximum atomic E-state index is 11.8. The lowest BCUT2D eigenvalue weighted by atomic mass is 9.98. The van der Waals surface area contributed by atoms with Crippen molar-refractivity contribution in [1.29, 1.82) is 0 Å². The van der Waals surface area contributed by atoms with E-state index in [1.165, 1.54) is 24.3 Å². The molecular formula is C20H23NO12. The maximum Gasteiger partial charge on any atom is 0.311 e. The number of ether oxygens (including phenoxy) is 6. The summed E-state index contributed by atoms with van der Waals surface area (Å²) in [5.74, 6) is -3.33. The summed E-state index contributed by atoms with van der Waals surface area (Å²) in [6.45, 7) is 3.91. The zero-order valence-electron chi connectivity index (χ0n) is 18.2. The molecular weight excluding hydrogens is 446 g/mol. The molecule has 180 valence electrons. The smallest absolute Gasteiger partial charge is 0.311 e. The van der Waals surface area contributed by atoms with E-state index in [-0.39, 0.29) is 5.75 Å². The number of nitrogens with zero attached hydrogens (tertiary/aromatic N) is 1. The Morgan fingerprint density at radius 1 is 0.879 bits per heavy atom. The van der Waals surface area contributed by atoms with Crippen LogP contribution in [0.25, 0.3) is 0 Å². The minimum atomic E-state index is -1.56. The number of carbonyl (C=O) groups excluding carboxylic acids is 4. The largest absolute Gasteiger partial charge is 0.463 e. The molecule has 0 saturated carbocycles. The number of hydrogen-bond donors (Lipinski definition) is 0. The van der Waals surface area contributed by atoms with Gasteiger partial charge in [0, 0.05) is 33.8 Å². The van der Waals surface area contributed by atoms with Crippen LogP contribution in [-0.4, -0.2) is 66.1 Å². The lowest BCUT2D eigenvalue weighted by Gasteiger charge is -2.43. The van der Waals surface area contributed by atoms with Gasteiger partial charge < -0.3 is 28.4 Å². The summed E-state index contributed by atoms with van der Waals surface area (Å²) in [5, 5.41) is 11.4. The van der Waals surface area contributed by atoms with Gasteiger partial charge in [-0.15, -0.1) is 0 Å². The maximum absolute atomic E-state index is 11.8. The number of hydrogen-bond acceptors (Lipinski definition) is 12. The second-order valence-electron chi connectivity index (χ2n) is 6.91. The highest BCUT2D eigenvalue weighted by Gasteiger charge is 2.53. The second-order valence-corrected chi connectivity index (χ2v) is 6.91. The summed E-state index contributed by atoms with van der Waals surface area (Å²) in [6, 6.07) is 5.35. The third-order valence-corrected chi connectivity index (χ3v) is 4.25. The van der Waals surface area contributed by atoms with Crippen LogP contribution >= 0.6 is 0 Å². The van der Waals surface area contributed by atoms with E-state index in [2.05, 4.69) is 0 Å². The third kappa shape index (κ3) is 7.14. The average molecular weight is 469 g/mol. The van der Waals surface area contributed by atoms with Crippen molar-refractivity contribution in [3.63, 3.8) is 0 Å². The standard InChI is InChI=1S/C20H23NO12/c1-10(22)28-9-16-17(29-11(2)23)18(30-12(3)24)19(31-13(4)25)20(33-16)32-15-8-6-5-7-14(15)21(26)27/h5-8,16-20H,9H2,1-4H3/t16-,17-,18+,19-,20-/m0/s1. The van der Waals surface area contributed by atoms with Crippen LogP contribution in [0.5, 0.6) is 5.75 Å². The fourth-order valence-electron chi connectivity index (χ4n) is 3.12. The molecule has 0 aliphatic carbocycles. The molecule has 1 fully saturated rings. The predicted octanol–water partition coefficient (Wildman–Crippen LogP) is 1.06. The molecule has 0 spiro atoms. The Kier molecular flexibility index (Phi) is 8.68. The Balaban J connectivity index is 2.51. The third-order valence-electron chi connectivity index (χ3n) is 4.25. The Labute approximate surface area is 188 Å². The van der Waals surface area contributed by atoms with Gasteiger partial charge in [-0.3, -0.25) is 29.3 Å². The van der Waals surface area contributed by atoms with Crippen molar-refractivity contribution in [2.75, 3.05) is 6.61 Å². The Bertz CT molecular complexity index is 916. The van der Waals surface area contributed by atoms with E-state index in [1.54, 1.807) is 0 Å². The van der Waals surface area contributed by atoms with E-state index in [0.717, 1.165) is 27.7 Å². The van der Waals surface area contributed by atoms with E-state index in [0.29, 0.717) is 0 Å². The molecule has 13 nitrogen and oxygen atoms in total. The van der Waals surface area contributed by atoms with E-state index in [4.69, 9.17) is 28.4 Å². The molecule has 0 aromatic heterocycles. The first kappa shape index (κ1) is 25.5. The highest BCUT2D eigenvalue weighted by atomic mass is 16.7. The minimum Gasteiger partial charge on any atom is -0.463 e. The topological polar surface area (TPSA) is 167 Å². The van der Waals surface area contributed by atoms with Crippen LogP contribution < -0.4 is 4.74 Å². The number of para-hydroxylation sites is 2. The summed E-state index contributed by atoms with van der Waals surface area (Å²) in [4.78, 5) is 57.3. The molecule has 1 aliphatic rings. The molecule has 1 aliphatic heterocycles. The van der Waals surface area contributed by atoms with Crippen LogP contribution in [0.2, 0.25) is 0 Å². The quantitative estimate of drug-likeness (QED) is 0.230. The lowest BCUT2D eigenvalue weighted by molar-refractivity contribution is -0.387. The van der Waals surface area contributed by atoms with Gasteiger partial charge in [0.15, 0.2) is 18.0 Å². The van der Waals surface area contributed by atoms with Crippen LogP contribution in [0.4, 0.5) is 5.69 Å². The van der Waals surface area contributed by atoms with Crippen LogP contribution in [0.3, 0.4) is 0 Å². The number of esters is 4. The summed E-state index contributed by atoms with van der Waals surface area (Å²) < 4.78 is 32.1. The number of nitro benzene ring substituents is 1. The first-order valence-electron chi connectivity index (χ1n) is 9.70. The Morgan fingerprint density at radius 3 is 1.97 bits per heavy atom. The van der Waals surface area contributed by atoms with E-state index in [9.17, 15) is 29.3 Å². The molecule has 1 saturated heterocycles. The second kappa shape index (κ2) is 11.2. The summed E-state index contributed by atoms with van der Waals surface area (Å²) in [5.41, 5.74) is -0.412. The van der Waals surface area contributed by atoms with Crippen molar-refractivity contribution in [1.82, 2.24) is 0 Å². The van der Waals surface area contributed by atoms with Crippen molar-refractivity contribution < 1.29 is 52.5 Å². The van der Waals surface area contributed by atoms with Crippen LogP contribution in [0.15, 0.2) is 24.3 Å². The fraction of sp³-hybridized carbons (Fsp3) is 0.500. The average Bonchev–Trinajstić information content (AvgIpc) is 2.70. The lowest BCUT2D eigenvalue weighted by Crippen LogP contribution is -2.63. The summed E-state index contributed by atoms with van der Waals surface area (Å²) in [6.07, 6.45) is -7.10. The molecule has 0 unspecified atom stereocenters. The monoisotopic (exact) mass is 469 g/mol. The minimum absolute atomic E-state index is 0.233. The SMILES string of the molecule is CC(=O)OC[C@@H]1O[C@H](Oc2ccccc2[N+](=O)[O-])[C@@H](OC(C)=O)[C@H](OC(C)=O)[C@H]1OC(C)=O. The molecule has 5 atom stereocenters. The van der Waals surface area contributed by atoms with Gasteiger partial charge in [-0.2, -0.15) is 0 Å². The molecule has 1 aromatic rings. The molecule has 0 bridgehead atoms. The fourth-order valence-corrected chi connectivity index (χ4v) is 3.12. The van der Waals surface area contributed by atoms with Crippen LogP contribution in [-0.2, 0) is 42.9 Å². The van der Waals surface area contributed by atoms with Gasteiger partial charge in [-0.25, -0.2) is 0 Å².